The summed E-state index contributed by atoms with van der Waals surface area (Å²) in [5.74, 6) is -0.291. The molecule has 0 aliphatic rings. The Kier molecular flexibility index (Phi) is 3.10. The van der Waals surface area contributed by atoms with E-state index < -0.39 is 5.56 Å². The molecule has 1 aromatic carbocycles. The van der Waals surface area contributed by atoms with Crippen molar-refractivity contribution in [3.63, 3.8) is 0 Å². The standard InChI is InChI=1S/C16H14N2O3/c1-10-7-12-15(13(19)8-14(20)17-12)16(21)18(10)9-11-5-3-2-4-6-11/h2-8H,9H2,1H3,(H2,17,19,20). The molecule has 21 heavy (non-hydrogen) atoms. The monoisotopic (exact) mass is 282 g/mol. The van der Waals surface area contributed by atoms with E-state index in [4.69, 9.17) is 0 Å². The zero-order valence-electron chi connectivity index (χ0n) is 11.5. The third kappa shape index (κ3) is 2.33. The van der Waals surface area contributed by atoms with E-state index in [1.54, 1.807) is 17.6 Å². The number of rotatable bonds is 2. The lowest BCUT2D eigenvalue weighted by Gasteiger charge is -2.12. The Balaban J connectivity index is 2.25. The molecule has 106 valence electrons. The van der Waals surface area contributed by atoms with Crippen molar-refractivity contribution in [2.75, 3.05) is 0 Å². The molecular weight excluding hydrogens is 268 g/mol. The van der Waals surface area contributed by atoms with E-state index in [0.29, 0.717) is 12.1 Å². The fourth-order valence-electron chi connectivity index (χ4n) is 2.44. The van der Waals surface area contributed by atoms with Gasteiger partial charge in [-0.2, -0.15) is 0 Å². The number of aromatic hydroxyl groups is 1. The summed E-state index contributed by atoms with van der Waals surface area (Å²) < 4.78 is 1.58. The number of fused-ring (bicyclic) bond motifs is 1. The minimum atomic E-state index is -0.431. The number of aromatic nitrogens is 2. The summed E-state index contributed by atoms with van der Waals surface area (Å²) in [4.78, 5) is 26.5. The van der Waals surface area contributed by atoms with Crippen molar-refractivity contribution in [3.8, 4) is 5.75 Å². The lowest BCUT2D eigenvalue weighted by atomic mass is 10.2. The summed E-state index contributed by atoms with van der Waals surface area (Å²) in [5.41, 5.74) is 1.32. The van der Waals surface area contributed by atoms with E-state index >= 15 is 0 Å². The number of H-pyrrole nitrogens is 1. The topological polar surface area (TPSA) is 75.1 Å². The van der Waals surface area contributed by atoms with Crippen molar-refractivity contribution in [2.45, 2.75) is 13.5 Å². The number of hydrogen-bond acceptors (Lipinski definition) is 3. The van der Waals surface area contributed by atoms with Crippen molar-refractivity contribution in [1.29, 1.82) is 0 Å². The molecule has 0 unspecified atom stereocenters. The second-order valence-electron chi connectivity index (χ2n) is 4.97. The van der Waals surface area contributed by atoms with Crippen LogP contribution in [0.25, 0.3) is 10.9 Å². The molecule has 0 aliphatic carbocycles. The van der Waals surface area contributed by atoms with Gasteiger partial charge in [-0.3, -0.25) is 9.59 Å². The quantitative estimate of drug-likeness (QED) is 0.752. The van der Waals surface area contributed by atoms with Crippen molar-refractivity contribution in [3.05, 3.63) is 74.4 Å². The third-order valence-electron chi connectivity index (χ3n) is 3.47. The molecule has 0 spiro atoms. The average Bonchev–Trinajstić information content (AvgIpc) is 2.43. The van der Waals surface area contributed by atoms with E-state index in [0.717, 1.165) is 17.3 Å². The van der Waals surface area contributed by atoms with Crippen molar-refractivity contribution in [1.82, 2.24) is 9.55 Å². The zero-order chi connectivity index (χ0) is 15.0. The molecule has 2 aromatic heterocycles. The van der Waals surface area contributed by atoms with Crippen LogP contribution in [0, 0.1) is 6.92 Å². The molecule has 0 fully saturated rings. The van der Waals surface area contributed by atoms with E-state index in [-0.39, 0.29) is 16.7 Å². The number of pyridine rings is 2. The summed E-state index contributed by atoms with van der Waals surface area (Å²) in [5, 5.41) is 10.0. The fraction of sp³-hybridized carbons (Fsp3) is 0.125. The molecule has 0 saturated carbocycles. The SMILES string of the molecule is Cc1cc2[nH]c(=O)cc(O)c2c(=O)n1Cc1ccccc1. The maximum Gasteiger partial charge on any atom is 0.264 e. The minimum absolute atomic E-state index is 0.135. The number of aromatic amines is 1. The molecule has 0 aliphatic heterocycles. The predicted molar refractivity (Wildman–Crippen MR) is 80.8 cm³/mol. The third-order valence-corrected chi connectivity index (χ3v) is 3.47. The zero-order valence-corrected chi connectivity index (χ0v) is 11.5. The van der Waals surface area contributed by atoms with Gasteiger partial charge >= 0.3 is 0 Å². The molecule has 0 radical (unpaired) electrons. The summed E-state index contributed by atoms with van der Waals surface area (Å²) in [6, 6.07) is 12.3. The van der Waals surface area contributed by atoms with E-state index in [2.05, 4.69) is 4.98 Å². The first-order chi connectivity index (χ1) is 10.1. The Morgan fingerprint density at radius 3 is 2.57 bits per heavy atom. The van der Waals surface area contributed by atoms with Crippen LogP contribution in [0.5, 0.6) is 5.75 Å². The molecule has 5 heteroatoms. The van der Waals surface area contributed by atoms with Crippen molar-refractivity contribution >= 4 is 10.9 Å². The highest BCUT2D eigenvalue weighted by molar-refractivity contribution is 5.83. The maximum absolute atomic E-state index is 12.6. The van der Waals surface area contributed by atoms with Crippen LogP contribution in [0.15, 0.2) is 52.1 Å². The Morgan fingerprint density at radius 1 is 1.14 bits per heavy atom. The van der Waals surface area contributed by atoms with Gasteiger partial charge in [0.2, 0.25) is 0 Å². The molecule has 0 bridgehead atoms. The molecule has 2 N–H and O–H groups in total. The van der Waals surface area contributed by atoms with Gasteiger partial charge in [-0.25, -0.2) is 0 Å². The number of nitrogens with zero attached hydrogens (tertiary/aromatic N) is 1. The lowest BCUT2D eigenvalue weighted by Crippen LogP contribution is -2.24. The average molecular weight is 282 g/mol. The highest BCUT2D eigenvalue weighted by Gasteiger charge is 2.12. The normalized spacial score (nSPS) is 10.9. The second-order valence-corrected chi connectivity index (χ2v) is 4.97. The Labute approximate surface area is 120 Å². The van der Waals surface area contributed by atoms with Crippen LogP contribution in [-0.4, -0.2) is 14.7 Å². The highest BCUT2D eigenvalue weighted by Crippen LogP contribution is 2.18. The first-order valence-electron chi connectivity index (χ1n) is 6.56. The van der Waals surface area contributed by atoms with Gasteiger partial charge in [-0.05, 0) is 18.6 Å². The van der Waals surface area contributed by atoms with Crippen LogP contribution in [0.2, 0.25) is 0 Å². The van der Waals surface area contributed by atoms with Crippen LogP contribution in [0.1, 0.15) is 11.3 Å². The molecule has 2 heterocycles. The first-order valence-corrected chi connectivity index (χ1v) is 6.56. The molecule has 5 nitrogen and oxygen atoms in total. The van der Waals surface area contributed by atoms with Gasteiger partial charge in [0.15, 0.2) is 0 Å². The van der Waals surface area contributed by atoms with Gasteiger partial charge in [-0.15, -0.1) is 0 Å². The number of benzene rings is 1. The number of aryl methyl sites for hydroxylation is 1. The Bertz CT molecular complexity index is 924. The molecular formula is C16H14N2O3. The Morgan fingerprint density at radius 2 is 1.86 bits per heavy atom. The van der Waals surface area contributed by atoms with Gasteiger partial charge in [0.25, 0.3) is 11.1 Å². The van der Waals surface area contributed by atoms with Crippen LogP contribution in [0.3, 0.4) is 0 Å². The van der Waals surface area contributed by atoms with Crippen LogP contribution in [0.4, 0.5) is 0 Å². The largest absolute Gasteiger partial charge is 0.507 e. The van der Waals surface area contributed by atoms with Crippen LogP contribution >= 0.6 is 0 Å². The fourth-order valence-corrected chi connectivity index (χ4v) is 2.44. The van der Waals surface area contributed by atoms with Crippen LogP contribution < -0.4 is 11.1 Å². The first kappa shape index (κ1) is 13.2. The van der Waals surface area contributed by atoms with Gasteiger partial charge in [-0.1, -0.05) is 30.3 Å². The van der Waals surface area contributed by atoms with Crippen molar-refractivity contribution < 1.29 is 5.11 Å². The van der Waals surface area contributed by atoms with E-state index in [1.807, 2.05) is 30.3 Å². The second kappa shape index (κ2) is 4.94. The van der Waals surface area contributed by atoms with Crippen LogP contribution in [-0.2, 0) is 6.54 Å². The molecule has 0 amide bonds. The van der Waals surface area contributed by atoms with Gasteiger partial charge in [0.1, 0.15) is 11.1 Å². The molecule has 0 atom stereocenters. The van der Waals surface area contributed by atoms with Crippen molar-refractivity contribution in [2.24, 2.45) is 0 Å². The van der Waals surface area contributed by atoms with Gasteiger partial charge in [0, 0.05) is 11.8 Å². The smallest absolute Gasteiger partial charge is 0.264 e. The summed E-state index contributed by atoms with van der Waals surface area (Å²) in [6.07, 6.45) is 0. The number of nitrogens with one attached hydrogen (secondary N) is 1. The minimum Gasteiger partial charge on any atom is -0.507 e. The van der Waals surface area contributed by atoms with E-state index in [1.165, 1.54) is 0 Å². The number of hydrogen-bond donors (Lipinski definition) is 2. The summed E-state index contributed by atoms with van der Waals surface area (Å²) >= 11 is 0. The summed E-state index contributed by atoms with van der Waals surface area (Å²) in [6.45, 7) is 2.21. The molecule has 0 saturated heterocycles. The molecule has 3 aromatic rings. The van der Waals surface area contributed by atoms with Gasteiger partial charge < -0.3 is 14.7 Å². The summed E-state index contributed by atoms with van der Waals surface area (Å²) in [7, 11) is 0. The van der Waals surface area contributed by atoms with E-state index in [9.17, 15) is 14.7 Å². The predicted octanol–water partition coefficient (Wildman–Crippen LogP) is 1.75. The Hall–Kier alpha value is -2.82. The molecule has 3 rings (SSSR count). The van der Waals surface area contributed by atoms with Gasteiger partial charge in [0.05, 0.1) is 12.1 Å². The maximum atomic E-state index is 12.6. The lowest BCUT2D eigenvalue weighted by molar-refractivity contribution is 0.479. The highest BCUT2D eigenvalue weighted by atomic mass is 16.3.